The van der Waals surface area contributed by atoms with Gasteiger partial charge in [-0.1, -0.05) is 68.9 Å². The molecule has 3 aromatic carbocycles. The molecule has 3 amide bonds. The van der Waals surface area contributed by atoms with Gasteiger partial charge in [0.2, 0.25) is 0 Å². The fourth-order valence-electron chi connectivity index (χ4n) is 3.52. The van der Waals surface area contributed by atoms with Crippen LogP contribution in [0.1, 0.15) is 23.6 Å². The number of hydrogen-bond donors (Lipinski definition) is 1. The first-order chi connectivity index (χ1) is 17.2. The summed E-state index contributed by atoms with van der Waals surface area (Å²) in [5, 5.41) is 3.90. The number of rotatable bonds is 8. The highest BCUT2D eigenvalue weighted by atomic mass is 79.9. The van der Waals surface area contributed by atoms with Crippen molar-refractivity contribution >= 4 is 68.7 Å². The molecule has 3 aromatic rings. The summed E-state index contributed by atoms with van der Waals surface area (Å²) in [6.07, 6.45) is 1.55. The number of hydrogen-bond acceptors (Lipinski definition) is 4. The van der Waals surface area contributed by atoms with E-state index >= 15 is 0 Å². The van der Waals surface area contributed by atoms with Crippen LogP contribution in [-0.2, 0) is 17.9 Å². The molecular formula is C26H20BrCl3N2O4. The lowest BCUT2D eigenvalue weighted by Crippen LogP contribution is -2.30. The Kier molecular flexibility index (Phi) is 8.46. The minimum absolute atomic E-state index is 0.136. The van der Waals surface area contributed by atoms with E-state index in [0.29, 0.717) is 33.7 Å². The molecule has 0 aromatic heterocycles. The van der Waals surface area contributed by atoms with Crippen molar-refractivity contribution in [2.24, 2.45) is 0 Å². The molecule has 36 heavy (non-hydrogen) atoms. The van der Waals surface area contributed by atoms with Gasteiger partial charge in [-0.3, -0.25) is 9.69 Å². The molecule has 1 N–H and O–H groups in total. The van der Waals surface area contributed by atoms with Gasteiger partial charge in [0.1, 0.15) is 12.3 Å². The normalized spacial score (nSPS) is 14.4. The standard InChI is InChI=1S/C26H20BrCl3N2O4/c1-2-35-23-11-16(9-21(30)24(23)36-14-17-5-8-19(28)12-20(17)29)10-22-25(33)32(26(34)31-22)13-15-3-6-18(27)7-4-15/h3-12H,2,13-14H2,1H3,(H,31,34)/b22-10+. The van der Waals surface area contributed by atoms with Gasteiger partial charge in [0.15, 0.2) is 11.5 Å². The van der Waals surface area contributed by atoms with Gasteiger partial charge in [-0.25, -0.2) is 4.79 Å². The summed E-state index contributed by atoms with van der Waals surface area (Å²) in [7, 11) is 0. The van der Waals surface area contributed by atoms with E-state index in [0.717, 1.165) is 20.5 Å². The maximum Gasteiger partial charge on any atom is 0.329 e. The molecule has 0 atom stereocenters. The summed E-state index contributed by atoms with van der Waals surface area (Å²) >= 11 is 22.1. The number of benzene rings is 3. The summed E-state index contributed by atoms with van der Waals surface area (Å²) in [5.74, 6) is 0.297. The fourth-order valence-corrected chi connectivity index (χ4v) is 4.52. The van der Waals surface area contributed by atoms with Gasteiger partial charge >= 0.3 is 6.03 Å². The van der Waals surface area contributed by atoms with Gasteiger partial charge in [-0.05, 0) is 60.5 Å². The maximum atomic E-state index is 12.9. The van der Waals surface area contributed by atoms with E-state index in [-0.39, 0.29) is 23.9 Å². The first-order valence-electron chi connectivity index (χ1n) is 10.9. The van der Waals surface area contributed by atoms with Crippen molar-refractivity contribution in [2.75, 3.05) is 6.61 Å². The van der Waals surface area contributed by atoms with Crippen LogP contribution in [0.4, 0.5) is 4.79 Å². The molecule has 10 heteroatoms. The Morgan fingerprint density at radius 2 is 1.72 bits per heavy atom. The molecule has 1 fully saturated rings. The number of carbonyl (C=O) groups excluding carboxylic acids is 2. The van der Waals surface area contributed by atoms with Crippen LogP contribution in [0.15, 0.2) is 64.8 Å². The van der Waals surface area contributed by atoms with Crippen molar-refractivity contribution in [2.45, 2.75) is 20.1 Å². The van der Waals surface area contributed by atoms with Crippen LogP contribution in [0.3, 0.4) is 0 Å². The second-order valence-corrected chi connectivity index (χ2v) is 9.96. The van der Waals surface area contributed by atoms with Crippen molar-refractivity contribution in [3.8, 4) is 11.5 Å². The van der Waals surface area contributed by atoms with E-state index in [9.17, 15) is 9.59 Å². The number of nitrogens with one attached hydrogen (secondary N) is 1. The SMILES string of the molecule is CCOc1cc(/C=C2/NC(=O)N(Cc3ccc(Br)cc3)C2=O)cc(Cl)c1OCc1ccc(Cl)cc1Cl. The monoisotopic (exact) mass is 608 g/mol. The molecule has 6 nitrogen and oxygen atoms in total. The number of nitrogens with zero attached hydrogens (tertiary/aromatic N) is 1. The van der Waals surface area contributed by atoms with Crippen molar-refractivity contribution in [3.63, 3.8) is 0 Å². The lowest BCUT2D eigenvalue weighted by atomic mass is 10.1. The molecule has 1 saturated heterocycles. The Bertz CT molecular complexity index is 1350. The second-order valence-electron chi connectivity index (χ2n) is 7.79. The quantitative estimate of drug-likeness (QED) is 0.212. The van der Waals surface area contributed by atoms with Crippen molar-refractivity contribution in [1.29, 1.82) is 0 Å². The Labute approximate surface area is 231 Å². The van der Waals surface area contributed by atoms with Crippen LogP contribution in [-0.4, -0.2) is 23.4 Å². The molecule has 1 aliphatic rings. The second kappa shape index (κ2) is 11.6. The largest absolute Gasteiger partial charge is 0.490 e. The summed E-state index contributed by atoms with van der Waals surface area (Å²) < 4.78 is 12.6. The Morgan fingerprint density at radius 1 is 0.972 bits per heavy atom. The minimum Gasteiger partial charge on any atom is -0.490 e. The minimum atomic E-state index is -0.495. The molecule has 4 rings (SSSR count). The van der Waals surface area contributed by atoms with E-state index < -0.39 is 11.9 Å². The van der Waals surface area contributed by atoms with Crippen LogP contribution in [0, 0.1) is 0 Å². The Hall–Kier alpha value is -2.71. The predicted molar refractivity (Wildman–Crippen MR) is 145 cm³/mol. The number of imide groups is 1. The van der Waals surface area contributed by atoms with Gasteiger partial charge in [0.25, 0.3) is 5.91 Å². The zero-order valence-electron chi connectivity index (χ0n) is 19.0. The van der Waals surface area contributed by atoms with Gasteiger partial charge in [0, 0.05) is 20.1 Å². The number of carbonyl (C=O) groups is 2. The third kappa shape index (κ3) is 6.16. The van der Waals surface area contributed by atoms with Crippen LogP contribution in [0.2, 0.25) is 15.1 Å². The molecule has 0 bridgehead atoms. The lowest BCUT2D eigenvalue weighted by Gasteiger charge is -2.15. The smallest absolute Gasteiger partial charge is 0.329 e. The Morgan fingerprint density at radius 3 is 2.42 bits per heavy atom. The zero-order chi connectivity index (χ0) is 25.8. The van der Waals surface area contributed by atoms with E-state index in [1.54, 1.807) is 36.4 Å². The highest BCUT2D eigenvalue weighted by molar-refractivity contribution is 9.10. The van der Waals surface area contributed by atoms with Crippen molar-refractivity contribution in [1.82, 2.24) is 10.2 Å². The van der Waals surface area contributed by atoms with E-state index in [4.69, 9.17) is 44.3 Å². The topological polar surface area (TPSA) is 67.9 Å². The van der Waals surface area contributed by atoms with Crippen molar-refractivity contribution < 1.29 is 19.1 Å². The fraction of sp³-hybridized carbons (Fsp3) is 0.154. The molecule has 0 unspecified atom stereocenters. The van der Waals surface area contributed by atoms with Gasteiger partial charge in [-0.15, -0.1) is 0 Å². The number of halogens is 4. The summed E-state index contributed by atoms with van der Waals surface area (Å²) in [4.78, 5) is 26.5. The molecule has 186 valence electrons. The average molecular weight is 611 g/mol. The van der Waals surface area contributed by atoms with Crippen LogP contribution in [0.25, 0.3) is 6.08 Å². The van der Waals surface area contributed by atoms with Crippen LogP contribution >= 0.6 is 50.7 Å². The van der Waals surface area contributed by atoms with E-state index in [1.165, 1.54) is 0 Å². The lowest BCUT2D eigenvalue weighted by molar-refractivity contribution is -0.123. The number of urea groups is 1. The summed E-state index contributed by atoms with van der Waals surface area (Å²) in [5.41, 5.74) is 2.26. The average Bonchev–Trinajstić information content (AvgIpc) is 3.08. The highest BCUT2D eigenvalue weighted by Crippen LogP contribution is 2.38. The molecule has 0 spiro atoms. The third-order valence-electron chi connectivity index (χ3n) is 5.25. The van der Waals surface area contributed by atoms with Crippen LogP contribution < -0.4 is 14.8 Å². The maximum absolute atomic E-state index is 12.9. The third-order valence-corrected chi connectivity index (χ3v) is 6.64. The number of ether oxygens (including phenoxy) is 2. The van der Waals surface area contributed by atoms with E-state index in [1.807, 2.05) is 31.2 Å². The van der Waals surface area contributed by atoms with Crippen molar-refractivity contribution in [3.05, 3.63) is 96.5 Å². The van der Waals surface area contributed by atoms with Gasteiger partial charge in [0.05, 0.1) is 18.2 Å². The predicted octanol–water partition coefficient (Wildman–Crippen LogP) is 7.48. The van der Waals surface area contributed by atoms with E-state index in [2.05, 4.69) is 21.2 Å². The molecule has 1 aliphatic heterocycles. The zero-order valence-corrected chi connectivity index (χ0v) is 22.8. The molecule has 0 radical (unpaired) electrons. The first-order valence-corrected chi connectivity index (χ1v) is 12.8. The summed E-state index contributed by atoms with van der Waals surface area (Å²) in [6, 6.07) is 15.3. The molecule has 0 saturated carbocycles. The molecular weight excluding hydrogens is 591 g/mol. The first kappa shape index (κ1) is 26.4. The molecule has 1 heterocycles. The van der Waals surface area contributed by atoms with Gasteiger partial charge < -0.3 is 14.8 Å². The summed E-state index contributed by atoms with van der Waals surface area (Å²) in [6.45, 7) is 2.50. The Balaban J connectivity index is 1.55. The number of amides is 3. The van der Waals surface area contributed by atoms with Gasteiger partial charge in [-0.2, -0.15) is 0 Å². The highest BCUT2D eigenvalue weighted by Gasteiger charge is 2.33. The molecule has 0 aliphatic carbocycles. The van der Waals surface area contributed by atoms with Crippen LogP contribution in [0.5, 0.6) is 11.5 Å².